The van der Waals surface area contributed by atoms with Gasteiger partial charge in [-0.2, -0.15) is 0 Å². The SMILES string of the molecule is NC(=O)c1ccc(-c2ccccc2-c2ccc(C(N)=O)cc2)cc1. The number of nitrogens with two attached hydrogens (primary N) is 2. The minimum atomic E-state index is -0.447. The summed E-state index contributed by atoms with van der Waals surface area (Å²) >= 11 is 0. The van der Waals surface area contributed by atoms with Gasteiger partial charge in [0.15, 0.2) is 0 Å². The fraction of sp³-hybridized carbons (Fsp3) is 0. The first kappa shape index (κ1) is 15.5. The molecule has 0 aliphatic carbocycles. The molecule has 3 aromatic rings. The molecule has 0 atom stereocenters. The Morgan fingerprint density at radius 2 is 0.875 bits per heavy atom. The molecule has 0 aliphatic rings. The molecule has 0 bridgehead atoms. The van der Waals surface area contributed by atoms with Gasteiger partial charge in [-0.1, -0.05) is 48.5 Å². The normalized spacial score (nSPS) is 10.3. The molecule has 0 spiro atoms. The van der Waals surface area contributed by atoms with Gasteiger partial charge in [0.2, 0.25) is 11.8 Å². The summed E-state index contributed by atoms with van der Waals surface area (Å²) in [5, 5.41) is 0. The molecule has 0 radical (unpaired) electrons. The zero-order chi connectivity index (χ0) is 17.1. The van der Waals surface area contributed by atoms with Gasteiger partial charge in [0.1, 0.15) is 0 Å². The van der Waals surface area contributed by atoms with Gasteiger partial charge in [0.05, 0.1) is 0 Å². The van der Waals surface area contributed by atoms with Crippen LogP contribution in [0.25, 0.3) is 22.3 Å². The number of rotatable bonds is 4. The maximum atomic E-state index is 11.2. The number of hydrogen-bond acceptors (Lipinski definition) is 2. The van der Waals surface area contributed by atoms with Crippen LogP contribution in [0.3, 0.4) is 0 Å². The van der Waals surface area contributed by atoms with Crippen LogP contribution in [0.2, 0.25) is 0 Å². The van der Waals surface area contributed by atoms with Gasteiger partial charge in [-0.05, 0) is 46.5 Å². The molecule has 2 amide bonds. The predicted molar refractivity (Wildman–Crippen MR) is 94.3 cm³/mol. The van der Waals surface area contributed by atoms with Gasteiger partial charge in [-0.15, -0.1) is 0 Å². The summed E-state index contributed by atoms with van der Waals surface area (Å²) in [4.78, 5) is 22.4. The Labute approximate surface area is 139 Å². The topological polar surface area (TPSA) is 86.2 Å². The molecule has 24 heavy (non-hydrogen) atoms. The van der Waals surface area contributed by atoms with E-state index in [2.05, 4.69) is 0 Å². The number of primary amides is 2. The first-order chi connectivity index (χ1) is 11.6. The van der Waals surface area contributed by atoms with Crippen molar-refractivity contribution in [3.63, 3.8) is 0 Å². The lowest BCUT2D eigenvalue weighted by molar-refractivity contribution is 0.0992. The molecule has 3 aromatic carbocycles. The monoisotopic (exact) mass is 316 g/mol. The summed E-state index contributed by atoms with van der Waals surface area (Å²) in [5.74, 6) is -0.895. The van der Waals surface area contributed by atoms with Crippen LogP contribution in [-0.2, 0) is 0 Å². The largest absolute Gasteiger partial charge is 0.366 e. The minimum absolute atomic E-state index is 0.447. The Kier molecular flexibility index (Phi) is 4.12. The second-order valence-electron chi connectivity index (χ2n) is 5.43. The molecule has 3 rings (SSSR count). The van der Waals surface area contributed by atoms with Crippen molar-refractivity contribution in [3.8, 4) is 22.3 Å². The average Bonchev–Trinajstić information content (AvgIpc) is 2.62. The fourth-order valence-corrected chi connectivity index (χ4v) is 2.61. The Morgan fingerprint density at radius 1 is 0.542 bits per heavy atom. The molecule has 0 saturated carbocycles. The Balaban J connectivity index is 2.04. The third kappa shape index (κ3) is 3.03. The Bertz CT molecular complexity index is 821. The van der Waals surface area contributed by atoms with E-state index in [9.17, 15) is 9.59 Å². The third-order valence-electron chi connectivity index (χ3n) is 3.89. The molecule has 4 nitrogen and oxygen atoms in total. The summed E-state index contributed by atoms with van der Waals surface area (Å²) < 4.78 is 0. The van der Waals surface area contributed by atoms with Gasteiger partial charge >= 0.3 is 0 Å². The Morgan fingerprint density at radius 3 is 1.17 bits per heavy atom. The minimum Gasteiger partial charge on any atom is -0.366 e. The van der Waals surface area contributed by atoms with E-state index < -0.39 is 11.8 Å². The second-order valence-corrected chi connectivity index (χ2v) is 5.43. The molecule has 0 saturated heterocycles. The van der Waals surface area contributed by atoms with Crippen molar-refractivity contribution in [1.29, 1.82) is 0 Å². The van der Waals surface area contributed by atoms with Crippen LogP contribution >= 0.6 is 0 Å². The summed E-state index contributed by atoms with van der Waals surface area (Å²) in [6, 6.07) is 22.3. The number of hydrogen-bond donors (Lipinski definition) is 2. The maximum Gasteiger partial charge on any atom is 0.248 e. The van der Waals surface area contributed by atoms with Crippen molar-refractivity contribution < 1.29 is 9.59 Å². The highest BCUT2D eigenvalue weighted by Crippen LogP contribution is 2.32. The van der Waals surface area contributed by atoms with E-state index in [4.69, 9.17) is 11.5 Å². The first-order valence-corrected chi connectivity index (χ1v) is 7.46. The maximum absolute atomic E-state index is 11.2. The molecule has 0 aromatic heterocycles. The summed E-state index contributed by atoms with van der Waals surface area (Å²) in [6.45, 7) is 0. The number of carbonyl (C=O) groups is 2. The zero-order valence-electron chi connectivity index (χ0n) is 12.9. The van der Waals surface area contributed by atoms with E-state index in [1.807, 2.05) is 48.5 Å². The van der Waals surface area contributed by atoms with Crippen molar-refractivity contribution in [1.82, 2.24) is 0 Å². The molecule has 4 N–H and O–H groups in total. The first-order valence-electron chi connectivity index (χ1n) is 7.46. The lowest BCUT2D eigenvalue weighted by Gasteiger charge is -2.11. The number of benzene rings is 3. The molecular weight excluding hydrogens is 300 g/mol. The van der Waals surface area contributed by atoms with Gasteiger partial charge in [0.25, 0.3) is 0 Å². The Hall–Kier alpha value is -3.40. The highest BCUT2D eigenvalue weighted by molar-refractivity contribution is 5.95. The second kappa shape index (κ2) is 6.38. The van der Waals surface area contributed by atoms with Gasteiger partial charge in [-0.3, -0.25) is 9.59 Å². The highest BCUT2D eigenvalue weighted by atomic mass is 16.1. The average molecular weight is 316 g/mol. The van der Waals surface area contributed by atoms with Crippen LogP contribution in [0.5, 0.6) is 0 Å². The van der Waals surface area contributed by atoms with Gasteiger partial charge < -0.3 is 11.5 Å². The van der Waals surface area contributed by atoms with E-state index in [0.29, 0.717) is 11.1 Å². The predicted octanol–water partition coefficient (Wildman–Crippen LogP) is 3.22. The molecule has 0 fully saturated rings. The van der Waals surface area contributed by atoms with Crippen molar-refractivity contribution in [2.24, 2.45) is 11.5 Å². The number of amides is 2. The van der Waals surface area contributed by atoms with Crippen molar-refractivity contribution >= 4 is 11.8 Å². The molecule has 4 heteroatoms. The molecular formula is C20H16N2O2. The molecule has 0 unspecified atom stereocenters. The van der Waals surface area contributed by atoms with Crippen LogP contribution in [-0.4, -0.2) is 11.8 Å². The van der Waals surface area contributed by atoms with E-state index in [0.717, 1.165) is 22.3 Å². The van der Waals surface area contributed by atoms with Crippen LogP contribution in [0.15, 0.2) is 72.8 Å². The van der Waals surface area contributed by atoms with Gasteiger partial charge in [-0.25, -0.2) is 0 Å². The molecule has 0 aliphatic heterocycles. The number of carbonyl (C=O) groups excluding carboxylic acids is 2. The molecule has 0 heterocycles. The van der Waals surface area contributed by atoms with Crippen LogP contribution < -0.4 is 11.5 Å². The van der Waals surface area contributed by atoms with Crippen LogP contribution in [0.4, 0.5) is 0 Å². The summed E-state index contributed by atoms with van der Waals surface area (Å²) in [5.41, 5.74) is 15.5. The standard InChI is InChI=1S/C20H16N2O2/c21-19(23)15-9-5-13(6-10-15)17-3-1-2-4-18(17)14-7-11-16(12-8-14)20(22)24/h1-12H,(H2,21,23)(H2,22,24). The van der Waals surface area contributed by atoms with E-state index in [1.165, 1.54) is 0 Å². The lowest BCUT2D eigenvalue weighted by atomic mass is 9.93. The highest BCUT2D eigenvalue weighted by Gasteiger charge is 2.09. The van der Waals surface area contributed by atoms with Crippen molar-refractivity contribution in [2.45, 2.75) is 0 Å². The van der Waals surface area contributed by atoms with Crippen molar-refractivity contribution in [3.05, 3.63) is 83.9 Å². The lowest BCUT2D eigenvalue weighted by Crippen LogP contribution is -2.10. The molecule has 118 valence electrons. The van der Waals surface area contributed by atoms with Crippen molar-refractivity contribution in [2.75, 3.05) is 0 Å². The fourth-order valence-electron chi connectivity index (χ4n) is 2.61. The smallest absolute Gasteiger partial charge is 0.248 e. The van der Waals surface area contributed by atoms with Gasteiger partial charge in [0, 0.05) is 11.1 Å². The third-order valence-corrected chi connectivity index (χ3v) is 3.89. The van der Waals surface area contributed by atoms with Crippen LogP contribution in [0.1, 0.15) is 20.7 Å². The van der Waals surface area contributed by atoms with E-state index in [-0.39, 0.29) is 0 Å². The summed E-state index contributed by atoms with van der Waals surface area (Å²) in [6.07, 6.45) is 0. The van der Waals surface area contributed by atoms with E-state index >= 15 is 0 Å². The quantitative estimate of drug-likeness (QED) is 0.774. The van der Waals surface area contributed by atoms with Crippen LogP contribution in [0, 0.1) is 0 Å². The zero-order valence-corrected chi connectivity index (χ0v) is 12.9. The van der Waals surface area contributed by atoms with E-state index in [1.54, 1.807) is 24.3 Å². The summed E-state index contributed by atoms with van der Waals surface area (Å²) in [7, 11) is 0.